The molecule has 1 fully saturated rings. The quantitative estimate of drug-likeness (QED) is 0.495. The first-order valence-corrected chi connectivity index (χ1v) is 6.31. The number of nitrogen functional groups attached to an aromatic ring is 1. The van der Waals surface area contributed by atoms with Gasteiger partial charge in [-0.05, 0) is 32.4 Å². The summed E-state index contributed by atoms with van der Waals surface area (Å²) in [6.45, 7) is 4.28. The number of carbonyl (C=O) groups excluding carboxylic acids is 1. The van der Waals surface area contributed by atoms with Crippen LogP contribution in [0.15, 0.2) is 18.2 Å². The summed E-state index contributed by atoms with van der Waals surface area (Å²) in [6, 6.07) is 3.95. The lowest BCUT2D eigenvalue weighted by Gasteiger charge is -2.28. The lowest BCUT2D eigenvalue weighted by Crippen LogP contribution is -2.50. The summed E-state index contributed by atoms with van der Waals surface area (Å²) in [6.07, 6.45) is 0.516. The maximum atomic E-state index is 12.3. The van der Waals surface area contributed by atoms with Gasteiger partial charge in [-0.2, -0.15) is 0 Å². The predicted octanol–water partition coefficient (Wildman–Crippen LogP) is 1.47. The minimum atomic E-state index is -0.592. The van der Waals surface area contributed by atoms with E-state index in [1.807, 2.05) is 13.8 Å². The Morgan fingerprint density at radius 2 is 2.30 bits per heavy atom. The van der Waals surface area contributed by atoms with E-state index in [4.69, 9.17) is 10.5 Å². The number of hydrogen-bond donors (Lipinski definition) is 2. The molecule has 1 aliphatic heterocycles. The van der Waals surface area contributed by atoms with E-state index >= 15 is 0 Å². The fourth-order valence-electron chi connectivity index (χ4n) is 2.22. The zero-order valence-electron chi connectivity index (χ0n) is 11.4. The fourth-order valence-corrected chi connectivity index (χ4v) is 2.22. The Bertz CT molecular complexity index is 561. The third-order valence-electron chi connectivity index (χ3n) is 3.75. The van der Waals surface area contributed by atoms with E-state index in [9.17, 15) is 14.9 Å². The molecule has 2 unspecified atom stereocenters. The van der Waals surface area contributed by atoms with Crippen LogP contribution in [-0.4, -0.2) is 29.1 Å². The van der Waals surface area contributed by atoms with Crippen LogP contribution in [0.5, 0.6) is 0 Å². The molecule has 7 nitrogen and oxygen atoms in total. The summed E-state index contributed by atoms with van der Waals surface area (Å²) >= 11 is 0. The predicted molar refractivity (Wildman–Crippen MR) is 73.4 cm³/mol. The number of benzene rings is 1. The van der Waals surface area contributed by atoms with Crippen LogP contribution >= 0.6 is 0 Å². The molecular formula is C13H17N3O4. The summed E-state index contributed by atoms with van der Waals surface area (Å²) in [5.41, 5.74) is 5.09. The number of rotatable bonds is 3. The van der Waals surface area contributed by atoms with Crippen LogP contribution in [0.3, 0.4) is 0 Å². The first kappa shape index (κ1) is 14.3. The van der Waals surface area contributed by atoms with E-state index in [0.717, 1.165) is 0 Å². The van der Waals surface area contributed by atoms with Gasteiger partial charge in [0, 0.05) is 18.4 Å². The number of carbonyl (C=O) groups is 1. The monoisotopic (exact) mass is 279 g/mol. The van der Waals surface area contributed by atoms with Crippen molar-refractivity contribution < 1.29 is 14.5 Å². The van der Waals surface area contributed by atoms with Crippen molar-refractivity contribution in [1.29, 1.82) is 0 Å². The summed E-state index contributed by atoms with van der Waals surface area (Å²) in [5, 5.41) is 13.8. The Balaban J connectivity index is 2.29. The van der Waals surface area contributed by atoms with Gasteiger partial charge in [0.05, 0.1) is 16.6 Å². The van der Waals surface area contributed by atoms with E-state index in [1.165, 1.54) is 18.2 Å². The van der Waals surface area contributed by atoms with Gasteiger partial charge in [-0.15, -0.1) is 0 Å². The summed E-state index contributed by atoms with van der Waals surface area (Å²) in [7, 11) is 0. The minimum Gasteiger partial charge on any atom is -0.399 e. The molecule has 1 aromatic carbocycles. The highest BCUT2D eigenvalue weighted by atomic mass is 16.6. The van der Waals surface area contributed by atoms with Crippen LogP contribution in [0.25, 0.3) is 0 Å². The lowest BCUT2D eigenvalue weighted by atomic mass is 9.94. The molecule has 1 aliphatic rings. The van der Waals surface area contributed by atoms with Gasteiger partial charge in [0.25, 0.3) is 11.6 Å². The van der Waals surface area contributed by atoms with Crippen LogP contribution in [0, 0.1) is 10.1 Å². The van der Waals surface area contributed by atoms with Crippen molar-refractivity contribution in [2.24, 2.45) is 0 Å². The van der Waals surface area contributed by atoms with Crippen molar-refractivity contribution in [1.82, 2.24) is 5.32 Å². The highest BCUT2D eigenvalue weighted by molar-refractivity contribution is 5.99. The molecule has 2 atom stereocenters. The Morgan fingerprint density at radius 3 is 2.85 bits per heavy atom. The second-order valence-electron chi connectivity index (χ2n) is 5.17. The lowest BCUT2D eigenvalue weighted by molar-refractivity contribution is -0.385. The van der Waals surface area contributed by atoms with Crippen molar-refractivity contribution in [3.63, 3.8) is 0 Å². The molecule has 1 heterocycles. The molecule has 2 rings (SSSR count). The highest BCUT2D eigenvalue weighted by Crippen LogP contribution is 2.27. The molecule has 7 heteroatoms. The second kappa shape index (κ2) is 5.09. The van der Waals surface area contributed by atoms with Gasteiger partial charge >= 0.3 is 0 Å². The summed E-state index contributed by atoms with van der Waals surface area (Å²) in [4.78, 5) is 22.7. The van der Waals surface area contributed by atoms with Gasteiger partial charge in [-0.3, -0.25) is 14.9 Å². The molecule has 0 spiro atoms. The Morgan fingerprint density at radius 1 is 1.60 bits per heavy atom. The van der Waals surface area contributed by atoms with E-state index < -0.39 is 16.4 Å². The maximum Gasteiger partial charge on any atom is 0.282 e. The van der Waals surface area contributed by atoms with Crippen molar-refractivity contribution in [3.8, 4) is 0 Å². The number of nitrogens with one attached hydrogen (secondary N) is 1. The Labute approximate surface area is 116 Å². The molecule has 0 aromatic heterocycles. The molecule has 0 radical (unpaired) electrons. The van der Waals surface area contributed by atoms with Crippen molar-refractivity contribution in [3.05, 3.63) is 33.9 Å². The minimum absolute atomic E-state index is 0.0321. The van der Waals surface area contributed by atoms with Gasteiger partial charge in [-0.1, -0.05) is 0 Å². The van der Waals surface area contributed by atoms with E-state index in [1.54, 1.807) is 0 Å². The number of hydrogen-bond acceptors (Lipinski definition) is 5. The van der Waals surface area contributed by atoms with Crippen LogP contribution < -0.4 is 11.1 Å². The fraction of sp³-hybridized carbons (Fsp3) is 0.462. The molecular weight excluding hydrogens is 262 g/mol. The van der Waals surface area contributed by atoms with Crippen LogP contribution in [0.1, 0.15) is 30.6 Å². The van der Waals surface area contributed by atoms with Gasteiger partial charge in [0.2, 0.25) is 0 Å². The van der Waals surface area contributed by atoms with Crippen molar-refractivity contribution in [2.45, 2.75) is 31.9 Å². The first-order valence-electron chi connectivity index (χ1n) is 6.31. The number of nitro benzene ring substituents is 1. The van der Waals surface area contributed by atoms with Gasteiger partial charge in [0.1, 0.15) is 5.56 Å². The third-order valence-corrected chi connectivity index (χ3v) is 3.75. The largest absolute Gasteiger partial charge is 0.399 e. The van der Waals surface area contributed by atoms with Crippen molar-refractivity contribution in [2.75, 3.05) is 12.3 Å². The molecule has 3 N–H and O–H groups in total. The Kier molecular flexibility index (Phi) is 3.63. The number of nitrogens with two attached hydrogens (primary N) is 1. The molecule has 1 saturated heterocycles. The van der Waals surface area contributed by atoms with Crippen LogP contribution in [-0.2, 0) is 4.74 Å². The standard InChI is InChI=1S/C13H17N3O4/c1-8-13(2,5-6-20-8)15-12(17)10-7-9(14)3-4-11(10)16(18)19/h3-4,7-8H,5-6,14H2,1-2H3,(H,15,17). The summed E-state index contributed by atoms with van der Waals surface area (Å²) in [5.74, 6) is -0.510. The molecule has 20 heavy (non-hydrogen) atoms. The average molecular weight is 279 g/mol. The van der Waals surface area contributed by atoms with E-state index in [2.05, 4.69) is 5.32 Å². The van der Waals surface area contributed by atoms with Crippen LogP contribution in [0.4, 0.5) is 11.4 Å². The number of amides is 1. The smallest absolute Gasteiger partial charge is 0.282 e. The second-order valence-corrected chi connectivity index (χ2v) is 5.17. The average Bonchev–Trinajstić information content (AvgIpc) is 2.68. The van der Waals surface area contributed by atoms with E-state index in [-0.39, 0.29) is 17.4 Å². The molecule has 0 bridgehead atoms. The number of nitrogens with zero attached hydrogens (tertiary/aromatic N) is 1. The topological polar surface area (TPSA) is 107 Å². The summed E-state index contributed by atoms with van der Waals surface area (Å²) < 4.78 is 5.43. The van der Waals surface area contributed by atoms with Gasteiger partial charge in [-0.25, -0.2) is 0 Å². The third kappa shape index (κ3) is 2.57. The highest BCUT2D eigenvalue weighted by Gasteiger charge is 2.39. The molecule has 1 amide bonds. The van der Waals surface area contributed by atoms with Gasteiger partial charge in [0.15, 0.2) is 0 Å². The van der Waals surface area contributed by atoms with Gasteiger partial charge < -0.3 is 15.8 Å². The normalized spacial score (nSPS) is 25.4. The van der Waals surface area contributed by atoms with Crippen LogP contribution in [0.2, 0.25) is 0 Å². The molecule has 0 aliphatic carbocycles. The molecule has 108 valence electrons. The van der Waals surface area contributed by atoms with E-state index in [0.29, 0.717) is 18.7 Å². The zero-order chi connectivity index (χ0) is 14.9. The number of ether oxygens (including phenoxy) is 1. The zero-order valence-corrected chi connectivity index (χ0v) is 11.4. The maximum absolute atomic E-state index is 12.3. The molecule has 1 aromatic rings. The Hall–Kier alpha value is -2.15. The SMILES string of the molecule is CC1OCCC1(C)NC(=O)c1cc(N)ccc1[N+](=O)[O-]. The number of anilines is 1. The van der Waals surface area contributed by atoms with Crippen molar-refractivity contribution >= 4 is 17.3 Å². The first-order chi connectivity index (χ1) is 9.33. The number of nitro groups is 1. The molecule has 0 saturated carbocycles.